The number of hydrogen-bond donors (Lipinski definition) is 0. The Balaban J connectivity index is 1.66. The molecule has 0 N–H and O–H groups in total. The van der Waals surface area contributed by atoms with Crippen LogP contribution in [0.4, 0.5) is 26.3 Å². The Labute approximate surface area is 172 Å². The zero-order valence-electron chi connectivity index (χ0n) is 15.1. The maximum atomic E-state index is 12.6. The fourth-order valence-electron chi connectivity index (χ4n) is 2.52. The van der Waals surface area contributed by atoms with Gasteiger partial charge in [0.05, 0.1) is 20.9 Å². The Morgan fingerprint density at radius 3 is 1.80 bits per heavy atom. The van der Waals surface area contributed by atoms with E-state index in [4.69, 9.17) is 0 Å². The van der Waals surface area contributed by atoms with E-state index in [9.17, 15) is 31.1 Å². The minimum Gasteiger partial charge on any atom is -0.293 e. The molecule has 0 unspecified atom stereocenters. The standard InChI is InChI=1S/C22H12F6OS/c23-21(24,25)16-6-1-14(2-7-16)5-10-18-11-12-20(30-18)19(29)13-15-3-8-17(9-4-15)22(26,27)28/h1-4,6-9,11-12H,13H2. The maximum Gasteiger partial charge on any atom is 0.416 e. The summed E-state index contributed by atoms with van der Waals surface area (Å²) in [5, 5.41) is 0. The van der Waals surface area contributed by atoms with Gasteiger partial charge in [0.2, 0.25) is 0 Å². The van der Waals surface area contributed by atoms with Crippen molar-refractivity contribution in [2.75, 3.05) is 0 Å². The van der Waals surface area contributed by atoms with Crippen LogP contribution in [0.5, 0.6) is 0 Å². The number of hydrogen-bond acceptors (Lipinski definition) is 2. The zero-order valence-corrected chi connectivity index (χ0v) is 15.9. The minimum atomic E-state index is -4.43. The molecule has 2 aromatic carbocycles. The predicted octanol–water partition coefficient (Wildman–Crippen LogP) is 6.61. The molecule has 0 fully saturated rings. The van der Waals surface area contributed by atoms with E-state index in [0.29, 0.717) is 20.9 Å². The Morgan fingerprint density at radius 1 is 0.733 bits per heavy atom. The molecule has 0 amide bonds. The van der Waals surface area contributed by atoms with E-state index in [1.165, 1.54) is 24.3 Å². The molecule has 0 atom stereocenters. The highest BCUT2D eigenvalue weighted by Crippen LogP contribution is 2.30. The largest absolute Gasteiger partial charge is 0.416 e. The summed E-state index contributed by atoms with van der Waals surface area (Å²) >= 11 is 1.11. The molecule has 3 aromatic rings. The zero-order chi connectivity index (χ0) is 21.9. The second-order valence-electron chi connectivity index (χ2n) is 6.28. The van der Waals surface area contributed by atoms with E-state index in [0.717, 1.165) is 35.6 Å². The number of alkyl halides is 6. The molecular formula is C22H12F6OS. The molecule has 1 heterocycles. The van der Waals surface area contributed by atoms with Gasteiger partial charge in [0.15, 0.2) is 5.78 Å². The van der Waals surface area contributed by atoms with Crippen LogP contribution in [-0.2, 0) is 18.8 Å². The van der Waals surface area contributed by atoms with E-state index >= 15 is 0 Å². The van der Waals surface area contributed by atoms with Crippen LogP contribution in [0.3, 0.4) is 0 Å². The van der Waals surface area contributed by atoms with Gasteiger partial charge in [0, 0.05) is 12.0 Å². The van der Waals surface area contributed by atoms with Gasteiger partial charge in [-0.2, -0.15) is 26.3 Å². The van der Waals surface area contributed by atoms with Crippen molar-refractivity contribution in [2.45, 2.75) is 18.8 Å². The van der Waals surface area contributed by atoms with E-state index < -0.39 is 23.5 Å². The molecule has 1 nitrogen and oxygen atoms in total. The summed E-state index contributed by atoms with van der Waals surface area (Å²) in [6.07, 6.45) is -8.90. The lowest BCUT2D eigenvalue weighted by molar-refractivity contribution is -0.138. The number of ketones is 1. The molecular weight excluding hydrogens is 426 g/mol. The average molecular weight is 438 g/mol. The number of Topliss-reactive ketones (excluding diaryl/α,β-unsaturated/α-hetero) is 1. The first kappa shape index (κ1) is 21.7. The third-order valence-corrected chi connectivity index (χ3v) is 5.11. The van der Waals surface area contributed by atoms with Gasteiger partial charge in [0.25, 0.3) is 0 Å². The van der Waals surface area contributed by atoms with Gasteiger partial charge >= 0.3 is 12.4 Å². The molecule has 0 saturated heterocycles. The van der Waals surface area contributed by atoms with Crippen LogP contribution in [0.2, 0.25) is 0 Å². The highest BCUT2D eigenvalue weighted by molar-refractivity contribution is 7.14. The Hall–Kier alpha value is -3.05. The Morgan fingerprint density at radius 2 is 1.27 bits per heavy atom. The average Bonchev–Trinajstić information content (AvgIpc) is 3.15. The van der Waals surface area contributed by atoms with Gasteiger partial charge < -0.3 is 0 Å². The van der Waals surface area contributed by atoms with Crippen LogP contribution >= 0.6 is 11.3 Å². The van der Waals surface area contributed by atoms with Crippen molar-refractivity contribution in [2.24, 2.45) is 0 Å². The molecule has 30 heavy (non-hydrogen) atoms. The van der Waals surface area contributed by atoms with Gasteiger partial charge in [-0.1, -0.05) is 24.0 Å². The summed E-state index contributed by atoms with van der Waals surface area (Å²) in [6, 6.07) is 12.0. The van der Waals surface area contributed by atoms with Crippen LogP contribution in [0, 0.1) is 11.8 Å². The van der Waals surface area contributed by atoms with Crippen molar-refractivity contribution in [3.8, 4) is 11.8 Å². The lowest BCUT2D eigenvalue weighted by Gasteiger charge is -2.07. The van der Waals surface area contributed by atoms with E-state index in [1.54, 1.807) is 12.1 Å². The fourth-order valence-corrected chi connectivity index (χ4v) is 3.31. The lowest BCUT2D eigenvalue weighted by atomic mass is 10.1. The summed E-state index contributed by atoms with van der Waals surface area (Å²) in [7, 11) is 0. The monoisotopic (exact) mass is 438 g/mol. The number of carbonyl (C=O) groups is 1. The summed E-state index contributed by atoms with van der Waals surface area (Å²) in [6.45, 7) is 0. The highest BCUT2D eigenvalue weighted by atomic mass is 32.1. The first-order chi connectivity index (χ1) is 14.0. The van der Waals surface area contributed by atoms with Gasteiger partial charge in [0.1, 0.15) is 0 Å². The summed E-state index contributed by atoms with van der Waals surface area (Å²) in [5.74, 6) is 5.27. The normalized spacial score (nSPS) is 11.7. The van der Waals surface area contributed by atoms with Crippen LogP contribution < -0.4 is 0 Å². The number of carbonyl (C=O) groups excluding carboxylic acids is 1. The third-order valence-electron chi connectivity index (χ3n) is 4.07. The highest BCUT2D eigenvalue weighted by Gasteiger charge is 2.30. The molecule has 0 radical (unpaired) electrons. The Kier molecular flexibility index (Phi) is 6.04. The van der Waals surface area contributed by atoms with Crippen molar-refractivity contribution in [3.05, 3.63) is 92.7 Å². The fraction of sp³-hybridized carbons (Fsp3) is 0.136. The van der Waals surface area contributed by atoms with Crippen molar-refractivity contribution >= 4 is 17.1 Å². The Bertz CT molecular complexity index is 1090. The molecule has 0 bridgehead atoms. The van der Waals surface area contributed by atoms with E-state index in [-0.39, 0.29) is 12.2 Å². The van der Waals surface area contributed by atoms with Crippen molar-refractivity contribution < 1.29 is 31.1 Å². The van der Waals surface area contributed by atoms with Crippen LogP contribution in [0.15, 0.2) is 60.7 Å². The predicted molar refractivity (Wildman–Crippen MR) is 101 cm³/mol. The van der Waals surface area contributed by atoms with Gasteiger partial charge in [-0.3, -0.25) is 4.79 Å². The molecule has 1 aromatic heterocycles. The molecule has 8 heteroatoms. The van der Waals surface area contributed by atoms with Crippen LogP contribution in [0.1, 0.15) is 36.8 Å². The van der Waals surface area contributed by atoms with Crippen molar-refractivity contribution in [3.63, 3.8) is 0 Å². The quantitative estimate of drug-likeness (QED) is 0.256. The summed E-state index contributed by atoms with van der Waals surface area (Å²) < 4.78 is 75.4. The topological polar surface area (TPSA) is 17.1 Å². The molecule has 0 aliphatic rings. The van der Waals surface area contributed by atoms with Crippen LogP contribution in [0.25, 0.3) is 0 Å². The minimum absolute atomic E-state index is 0.0512. The maximum absolute atomic E-state index is 12.6. The van der Waals surface area contributed by atoms with Gasteiger partial charge in [-0.25, -0.2) is 0 Å². The van der Waals surface area contributed by atoms with E-state index in [2.05, 4.69) is 11.8 Å². The molecule has 154 valence electrons. The molecule has 0 saturated carbocycles. The lowest BCUT2D eigenvalue weighted by Crippen LogP contribution is -2.06. The number of halogens is 6. The first-order valence-corrected chi connectivity index (χ1v) is 9.32. The number of thiophene rings is 1. The first-order valence-electron chi connectivity index (χ1n) is 8.51. The molecule has 0 spiro atoms. The second-order valence-corrected chi connectivity index (χ2v) is 7.37. The van der Waals surface area contributed by atoms with Crippen LogP contribution in [-0.4, -0.2) is 5.78 Å². The van der Waals surface area contributed by atoms with Crippen molar-refractivity contribution in [1.29, 1.82) is 0 Å². The van der Waals surface area contributed by atoms with E-state index in [1.807, 2.05) is 0 Å². The third kappa shape index (κ3) is 5.51. The number of benzene rings is 2. The second kappa shape index (κ2) is 8.36. The summed E-state index contributed by atoms with van der Waals surface area (Å²) in [5.41, 5.74) is -0.691. The SMILES string of the molecule is O=C(Cc1ccc(C(F)(F)F)cc1)c1ccc(C#Cc2ccc(C(F)(F)F)cc2)s1. The van der Waals surface area contributed by atoms with Crippen molar-refractivity contribution in [1.82, 2.24) is 0 Å². The smallest absolute Gasteiger partial charge is 0.293 e. The summed E-state index contributed by atoms with van der Waals surface area (Å²) in [4.78, 5) is 13.3. The molecule has 0 aliphatic heterocycles. The molecule has 0 aliphatic carbocycles. The van der Waals surface area contributed by atoms with Gasteiger partial charge in [-0.05, 0) is 54.1 Å². The number of rotatable bonds is 3. The molecule has 3 rings (SSSR count). The van der Waals surface area contributed by atoms with Gasteiger partial charge in [-0.15, -0.1) is 11.3 Å².